The van der Waals surface area contributed by atoms with Crippen LogP contribution in [-0.4, -0.2) is 10.7 Å². The lowest BCUT2D eigenvalue weighted by atomic mass is 9.90. The van der Waals surface area contributed by atoms with E-state index in [1.54, 1.807) is 6.26 Å². The van der Waals surface area contributed by atoms with Crippen molar-refractivity contribution >= 4 is 0 Å². The summed E-state index contributed by atoms with van der Waals surface area (Å²) >= 11 is 0. The van der Waals surface area contributed by atoms with Crippen molar-refractivity contribution in [1.82, 2.24) is 0 Å². The summed E-state index contributed by atoms with van der Waals surface area (Å²) in [4.78, 5) is 0. The monoisotopic (exact) mass is 180 g/mol. The minimum absolute atomic E-state index is 0.502. The molecule has 72 valence electrons. The molecule has 0 bridgehead atoms. The third-order valence-electron chi connectivity index (χ3n) is 3.01. The molecule has 1 unspecified atom stereocenters. The molecule has 2 nitrogen and oxygen atoms in total. The Bertz CT molecular complexity index is 262. The van der Waals surface area contributed by atoms with Crippen LogP contribution >= 0.6 is 0 Å². The summed E-state index contributed by atoms with van der Waals surface area (Å²) < 4.78 is 5.25. The van der Waals surface area contributed by atoms with E-state index in [0.717, 1.165) is 12.2 Å². The Morgan fingerprint density at radius 1 is 1.62 bits per heavy atom. The van der Waals surface area contributed by atoms with Crippen LogP contribution in [0.2, 0.25) is 0 Å². The average Bonchev–Trinajstić information content (AvgIpc) is 2.88. The predicted molar refractivity (Wildman–Crippen MR) is 50.4 cm³/mol. The summed E-state index contributed by atoms with van der Waals surface area (Å²) in [6.07, 6.45) is 5.49. The smallest absolute Gasteiger partial charge is 0.106 e. The highest BCUT2D eigenvalue weighted by atomic mass is 16.3. The van der Waals surface area contributed by atoms with Gasteiger partial charge in [0.15, 0.2) is 0 Å². The SMILES string of the molecule is CCC(O)(Cc1ccco1)C1CC1. The number of rotatable bonds is 4. The fraction of sp³-hybridized carbons (Fsp3) is 0.636. The van der Waals surface area contributed by atoms with Crippen LogP contribution in [0, 0.1) is 5.92 Å². The van der Waals surface area contributed by atoms with Gasteiger partial charge in [-0.15, -0.1) is 0 Å². The van der Waals surface area contributed by atoms with E-state index < -0.39 is 5.60 Å². The lowest BCUT2D eigenvalue weighted by Crippen LogP contribution is -2.32. The van der Waals surface area contributed by atoms with Crippen LogP contribution in [0.1, 0.15) is 31.9 Å². The zero-order valence-corrected chi connectivity index (χ0v) is 7.99. The van der Waals surface area contributed by atoms with Crippen LogP contribution in [0.3, 0.4) is 0 Å². The van der Waals surface area contributed by atoms with Crippen LogP contribution in [0.25, 0.3) is 0 Å². The molecule has 1 heterocycles. The van der Waals surface area contributed by atoms with Gasteiger partial charge in [-0.25, -0.2) is 0 Å². The Morgan fingerprint density at radius 3 is 2.85 bits per heavy atom. The van der Waals surface area contributed by atoms with E-state index in [9.17, 15) is 5.11 Å². The first kappa shape index (κ1) is 8.82. The second kappa shape index (κ2) is 3.18. The molecule has 0 saturated heterocycles. The maximum atomic E-state index is 10.3. The minimum atomic E-state index is -0.516. The maximum Gasteiger partial charge on any atom is 0.106 e. The van der Waals surface area contributed by atoms with E-state index in [-0.39, 0.29) is 0 Å². The van der Waals surface area contributed by atoms with Crippen molar-refractivity contribution in [3.8, 4) is 0 Å². The molecule has 1 aromatic heterocycles. The molecule has 0 aliphatic heterocycles. The topological polar surface area (TPSA) is 33.4 Å². The van der Waals surface area contributed by atoms with Crippen molar-refractivity contribution < 1.29 is 9.52 Å². The van der Waals surface area contributed by atoms with Crippen molar-refractivity contribution in [2.75, 3.05) is 0 Å². The zero-order valence-electron chi connectivity index (χ0n) is 7.99. The van der Waals surface area contributed by atoms with Crippen molar-refractivity contribution in [2.24, 2.45) is 5.92 Å². The molecule has 13 heavy (non-hydrogen) atoms. The zero-order chi connectivity index (χ0) is 9.31. The number of hydrogen-bond donors (Lipinski definition) is 1. The number of furan rings is 1. The lowest BCUT2D eigenvalue weighted by molar-refractivity contribution is 0.00941. The van der Waals surface area contributed by atoms with Gasteiger partial charge in [0.25, 0.3) is 0 Å². The molecule has 2 rings (SSSR count). The van der Waals surface area contributed by atoms with Gasteiger partial charge in [-0.3, -0.25) is 0 Å². The first-order valence-electron chi connectivity index (χ1n) is 4.99. The van der Waals surface area contributed by atoms with Crippen molar-refractivity contribution in [3.05, 3.63) is 24.2 Å². The Labute approximate surface area is 78.6 Å². The molecule has 1 aromatic rings. The van der Waals surface area contributed by atoms with Crippen LogP contribution in [-0.2, 0) is 6.42 Å². The summed E-state index contributed by atoms with van der Waals surface area (Å²) in [5.41, 5.74) is -0.516. The van der Waals surface area contributed by atoms with Gasteiger partial charge in [0.2, 0.25) is 0 Å². The third-order valence-corrected chi connectivity index (χ3v) is 3.01. The maximum absolute atomic E-state index is 10.3. The molecule has 1 N–H and O–H groups in total. The quantitative estimate of drug-likeness (QED) is 0.771. The summed E-state index contributed by atoms with van der Waals surface area (Å²) in [6, 6.07) is 3.81. The second-order valence-corrected chi connectivity index (χ2v) is 3.99. The molecule has 0 spiro atoms. The fourth-order valence-corrected chi connectivity index (χ4v) is 1.89. The molecular weight excluding hydrogens is 164 g/mol. The summed E-state index contributed by atoms with van der Waals surface area (Å²) in [5, 5.41) is 10.3. The number of hydrogen-bond acceptors (Lipinski definition) is 2. The lowest BCUT2D eigenvalue weighted by Gasteiger charge is -2.25. The molecule has 1 saturated carbocycles. The van der Waals surface area contributed by atoms with Crippen molar-refractivity contribution in [3.63, 3.8) is 0 Å². The Hall–Kier alpha value is -0.760. The minimum Gasteiger partial charge on any atom is -0.469 e. The summed E-state index contributed by atoms with van der Waals surface area (Å²) in [7, 11) is 0. The highest BCUT2D eigenvalue weighted by Crippen LogP contribution is 2.43. The van der Waals surface area contributed by atoms with Crippen LogP contribution in [0.4, 0.5) is 0 Å². The van der Waals surface area contributed by atoms with Crippen molar-refractivity contribution in [1.29, 1.82) is 0 Å². The molecule has 0 radical (unpaired) electrons. The Kier molecular flexibility index (Phi) is 2.16. The highest BCUT2D eigenvalue weighted by molar-refractivity contribution is 5.06. The summed E-state index contributed by atoms with van der Waals surface area (Å²) in [6.45, 7) is 2.04. The first-order valence-corrected chi connectivity index (χ1v) is 4.99. The second-order valence-electron chi connectivity index (χ2n) is 3.99. The van der Waals surface area contributed by atoms with Crippen LogP contribution in [0.15, 0.2) is 22.8 Å². The highest BCUT2D eigenvalue weighted by Gasteiger charge is 2.42. The van der Waals surface area contributed by atoms with E-state index in [0.29, 0.717) is 12.3 Å². The van der Waals surface area contributed by atoms with Gasteiger partial charge in [-0.05, 0) is 37.3 Å². The van der Waals surface area contributed by atoms with Gasteiger partial charge in [-0.2, -0.15) is 0 Å². The first-order chi connectivity index (χ1) is 6.24. The fourth-order valence-electron chi connectivity index (χ4n) is 1.89. The van der Waals surface area contributed by atoms with E-state index in [2.05, 4.69) is 0 Å². The van der Waals surface area contributed by atoms with Gasteiger partial charge < -0.3 is 9.52 Å². The van der Waals surface area contributed by atoms with Crippen molar-refractivity contribution in [2.45, 2.75) is 38.2 Å². The largest absolute Gasteiger partial charge is 0.469 e. The van der Waals surface area contributed by atoms with E-state index in [1.807, 2.05) is 19.1 Å². The number of aliphatic hydroxyl groups is 1. The van der Waals surface area contributed by atoms with Gasteiger partial charge >= 0.3 is 0 Å². The van der Waals surface area contributed by atoms with Crippen LogP contribution < -0.4 is 0 Å². The molecular formula is C11H16O2. The molecule has 1 aliphatic carbocycles. The molecule has 2 heteroatoms. The molecule has 1 aliphatic rings. The van der Waals surface area contributed by atoms with E-state index in [4.69, 9.17) is 4.42 Å². The molecule has 1 fully saturated rings. The van der Waals surface area contributed by atoms with Crippen LogP contribution in [0.5, 0.6) is 0 Å². The van der Waals surface area contributed by atoms with Gasteiger partial charge in [0, 0.05) is 6.42 Å². The average molecular weight is 180 g/mol. The standard InChI is InChI=1S/C11H16O2/c1-2-11(12,9-5-6-9)8-10-4-3-7-13-10/h3-4,7,9,12H,2,5-6,8H2,1H3. The van der Waals surface area contributed by atoms with E-state index in [1.165, 1.54) is 12.8 Å². The van der Waals surface area contributed by atoms with Gasteiger partial charge in [0.05, 0.1) is 11.9 Å². The third kappa shape index (κ3) is 1.78. The normalized spacial score (nSPS) is 21.4. The Balaban J connectivity index is 2.05. The van der Waals surface area contributed by atoms with E-state index >= 15 is 0 Å². The van der Waals surface area contributed by atoms with Gasteiger partial charge in [0.1, 0.15) is 5.76 Å². The summed E-state index contributed by atoms with van der Waals surface area (Å²) in [5.74, 6) is 1.40. The predicted octanol–water partition coefficient (Wildman–Crippen LogP) is 2.37. The molecule has 0 amide bonds. The molecule has 0 aromatic carbocycles. The Morgan fingerprint density at radius 2 is 2.38 bits per heavy atom. The molecule has 1 atom stereocenters. The van der Waals surface area contributed by atoms with Gasteiger partial charge in [-0.1, -0.05) is 6.92 Å².